The number of rotatable bonds is 19. The van der Waals surface area contributed by atoms with Crippen molar-refractivity contribution in [1.29, 1.82) is 0 Å². The fourth-order valence-electron chi connectivity index (χ4n) is 6.65. The molecule has 0 bridgehead atoms. The topological polar surface area (TPSA) is 29.1 Å². The smallest absolute Gasteiger partial charge is 0.196 e. The Kier molecular flexibility index (Phi) is 14.1. The number of aldehydes is 1. The molecule has 2 saturated heterocycles. The fourth-order valence-corrected chi connectivity index (χ4v) is 6.65. The van der Waals surface area contributed by atoms with Gasteiger partial charge in [-0.25, -0.2) is 0 Å². The van der Waals surface area contributed by atoms with Crippen LogP contribution in [0.2, 0.25) is 0 Å². The van der Waals surface area contributed by atoms with Gasteiger partial charge >= 0.3 is 0 Å². The minimum absolute atomic E-state index is 0.760. The molecule has 2 fully saturated rings. The van der Waals surface area contributed by atoms with Crippen molar-refractivity contribution < 1.29 is 9.28 Å². The molecule has 31 heavy (non-hydrogen) atoms. The molecule has 0 aliphatic carbocycles. The van der Waals surface area contributed by atoms with Crippen molar-refractivity contribution in [3.8, 4) is 0 Å². The van der Waals surface area contributed by atoms with Crippen LogP contribution in [0.15, 0.2) is 0 Å². The van der Waals surface area contributed by atoms with E-state index in [4.69, 9.17) is 0 Å². The number of carbonyl (C=O) groups excluding carboxylic acids is 1. The molecule has 2 rings (SSSR count). The molecule has 2 aliphatic rings. The molecule has 0 radical (unpaired) electrons. The van der Waals surface area contributed by atoms with Crippen LogP contribution < -0.4 is 5.32 Å². The highest BCUT2D eigenvalue weighted by molar-refractivity contribution is 5.48. The lowest BCUT2D eigenvalue weighted by molar-refractivity contribution is -0.857. The Morgan fingerprint density at radius 3 is 1.94 bits per heavy atom. The van der Waals surface area contributed by atoms with Crippen molar-refractivity contribution in [2.24, 2.45) is 0 Å². The first-order chi connectivity index (χ1) is 15.3. The van der Waals surface area contributed by atoms with Crippen LogP contribution in [0.5, 0.6) is 0 Å². The monoisotopic (exact) mass is 435 g/mol. The van der Waals surface area contributed by atoms with Crippen molar-refractivity contribution in [3.05, 3.63) is 0 Å². The number of hydrogen-bond donors (Lipinski definition) is 1. The Bertz CT molecular complexity index is 454. The van der Waals surface area contributed by atoms with Gasteiger partial charge in [0.05, 0.1) is 12.6 Å². The van der Waals surface area contributed by atoms with Crippen molar-refractivity contribution >= 4 is 6.29 Å². The van der Waals surface area contributed by atoms with Crippen LogP contribution in [0, 0.1) is 0 Å². The maximum absolute atomic E-state index is 10.3. The highest BCUT2D eigenvalue weighted by atomic mass is 16.1. The summed E-state index contributed by atoms with van der Waals surface area (Å²) in [4.78, 5) is 10.3. The van der Waals surface area contributed by atoms with E-state index in [0.29, 0.717) is 0 Å². The van der Waals surface area contributed by atoms with Crippen LogP contribution in [0.25, 0.3) is 0 Å². The molecule has 4 atom stereocenters. The summed E-state index contributed by atoms with van der Waals surface area (Å²) in [5.74, 6) is 0. The molecule has 182 valence electrons. The standard InChI is InChI=1S/C28H55N2O/c1-3-24-30-26(22-18-19-23-29-28(30)27(30)4-2)21-17-15-13-11-9-7-5-6-8-10-12-14-16-20-25-31/h25-29H,3-24H2,1-2H3/q+1. The summed E-state index contributed by atoms with van der Waals surface area (Å²) < 4.78 is 1.43. The van der Waals surface area contributed by atoms with Crippen molar-refractivity contribution in [2.45, 2.75) is 161 Å². The first kappa shape index (κ1) is 26.8. The first-order valence-electron chi connectivity index (χ1n) is 14.3. The number of fused-ring (bicyclic) bond motifs is 1. The number of quaternary nitrogens is 1. The van der Waals surface area contributed by atoms with Gasteiger partial charge in [0.25, 0.3) is 0 Å². The van der Waals surface area contributed by atoms with Gasteiger partial charge in [0, 0.05) is 19.4 Å². The summed E-state index contributed by atoms with van der Waals surface area (Å²) in [6, 6.07) is 1.83. The van der Waals surface area contributed by atoms with Gasteiger partial charge in [-0.1, -0.05) is 84.5 Å². The number of nitrogens with zero attached hydrogens (tertiary/aromatic N) is 1. The van der Waals surface area contributed by atoms with E-state index in [1.54, 1.807) is 0 Å². The third kappa shape index (κ3) is 8.80. The largest absolute Gasteiger partial charge is 0.303 e. The lowest BCUT2D eigenvalue weighted by Crippen LogP contribution is -2.46. The Morgan fingerprint density at radius 2 is 1.39 bits per heavy atom. The number of hydrogen-bond acceptors (Lipinski definition) is 2. The molecule has 0 amide bonds. The average molecular weight is 436 g/mol. The van der Waals surface area contributed by atoms with Gasteiger partial charge in [0.1, 0.15) is 6.29 Å². The summed E-state index contributed by atoms with van der Waals surface area (Å²) in [6.45, 7) is 7.46. The zero-order valence-corrected chi connectivity index (χ0v) is 21.2. The quantitative estimate of drug-likeness (QED) is 0.0983. The molecule has 0 aromatic rings. The normalized spacial score (nSPS) is 28.0. The molecule has 4 unspecified atom stereocenters. The molecule has 1 N–H and O–H groups in total. The predicted octanol–water partition coefficient (Wildman–Crippen LogP) is 7.52. The van der Waals surface area contributed by atoms with E-state index in [2.05, 4.69) is 19.2 Å². The summed E-state index contributed by atoms with van der Waals surface area (Å²) in [5.41, 5.74) is 0. The SMILES string of the molecule is CCC[N+]12C(CCCCCCCCCCCCCCCC=O)CCCCNC1C2CC. The lowest BCUT2D eigenvalue weighted by Gasteiger charge is -2.33. The maximum atomic E-state index is 10.3. The van der Waals surface area contributed by atoms with Crippen LogP contribution in [0.1, 0.15) is 142 Å². The van der Waals surface area contributed by atoms with Crippen molar-refractivity contribution in [3.63, 3.8) is 0 Å². The Morgan fingerprint density at radius 1 is 0.806 bits per heavy atom. The van der Waals surface area contributed by atoms with E-state index in [1.807, 2.05) is 0 Å². The number of unbranched alkanes of at least 4 members (excludes halogenated alkanes) is 13. The van der Waals surface area contributed by atoms with Crippen LogP contribution in [0.3, 0.4) is 0 Å². The molecular weight excluding hydrogens is 380 g/mol. The van der Waals surface area contributed by atoms with Gasteiger partial charge in [-0.05, 0) is 44.9 Å². The Balaban J connectivity index is 1.49. The molecular formula is C28H55N2O+. The molecule has 0 aromatic carbocycles. The molecule has 0 spiro atoms. The second-order valence-corrected chi connectivity index (χ2v) is 10.6. The molecule has 2 heterocycles. The van der Waals surface area contributed by atoms with Crippen LogP contribution in [-0.4, -0.2) is 42.1 Å². The van der Waals surface area contributed by atoms with Crippen molar-refractivity contribution in [2.75, 3.05) is 13.1 Å². The number of carbonyl (C=O) groups is 1. The van der Waals surface area contributed by atoms with E-state index in [1.165, 1.54) is 133 Å². The van der Waals surface area contributed by atoms with Crippen LogP contribution >= 0.6 is 0 Å². The molecule has 2 aliphatic heterocycles. The Hall–Kier alpha value is -0.410. The lowest BCUT2D eigenvalue weighted by atomic mass is 9.98. The highest BCUT2D eigenvalue weighted by Crippen LogP contribution is 2.47. The average Bonchev–Trinajstić information content (AvgIpc) is 3.38. The first-order valence-corrected chi connectivity index (χ1v) is 14.3. The van der Waals surface area contributed by atoms with E-state index >= 15 is 0 Å². The summed E-state index contributed by atoms with van der Waals surface area (Å²) in [7, 11) is 0. The van der Waals surface area contributed by atoms with Gasteiger partial charge in [-0.3, -0.25) is 9.80 Å². The maximum Gasteiger partial charge on any atom is 0.196 e. The Labute approximate surface area is 194 Å². The van der Waals surface area contributed by atoms with Gasteiger partial charge < -0.3 is 4.79 Å². The molecule has 3 heteroatoms. The summed E-state index contributed by atoms with van der Waals surface area (Å²) in [5, 5.41) is 3.93. The fraction of sp³-hybridized carbons (Fsp3) is 0.964. The zero-order chi connectivity index (χ0) is 22.2. The second kappa shape index (κ2) is 16.2. The third-order valence-electron chi connectivity index (χ3n) is 8.30. The second-order valence-electron chi connectivity index (χ2n) is 10.6. The molecule has 0 saturated carbocycles. The molecule has 3 nitrogen and oxygen atoms in total. The van der Waals surface area contributed by atoms with Crippen LogP contribution in [0.4, 0.5) is 0 Å². The van der Waals surface area contributed by atoms with Crippen molar-refractivity contribution in [1.82, 2.24) is 5.32 Å². The minimum Gasteiger partial charge on any atom is -0.303 e. The summed E-state index contributed by atoms with van der Waals surface area (Å²) in [6.07, 6.45) is 29.1. The summed E-state index contributed by atoms with van der Waals surface area (Å²) >= 11 is 0. The van der Waals surface area contributed by atoms with E-state index in [0.717, 1.165) is 37.4 Å². The van der Waals surface area contributed by atoms with Gasteiger partial charge in [0.2, 0.25) is 0 Å². The minimum atomic E-state index is 0.760. The zero-order valence-electron chi connectivity index (χ0n) is 21.2. The predicted molar refractivity (Wildman–Crippen MR) is 134 cm³/mol. The van der Waals surface area contributed by atoms with Gasteiger partial charge in [-0.2, -0.15) is 0 Å². The molecule has 0 aromatic heterocycles. The van der Waals surface area contributed by atoms with E-state index in [9.17, 15) is 4.79 Å². The third-order valence-corrected chi connectivity index (χ3v) is 8.30. The highest BCUT2D eigenvalue weighted by Gasteiger charge is 2.67. The van der Waals surface area contributed by atoms with Gasteiger partial charge in [0.15, 0.2) is 12.2 Å². The van der Waals surface area contributed by atoms with Crippen LogP contribution in [-0.2, 0) is 4.79 Å². The van der Waals surface area contributed by atoms with Gasteiger partial charge in [-0.15, -0.1) is 0 Å². The van der Waals surface area contributed by atoms with E-state index in [-0.39, 0.29) is 0 Å². The van der Waals surface area contributed by atoms with E-state index < -0.39 is 0 Å². The number of nitrogens with one attached hydrogen (secondary N) is 1.